The van der Waals surface area contributed by atoms with Gasteiger partial charge in [0, 0.05) is 36.3 Å². The van der Waals surface area contributed by atoms with Gasteiger partial charge in [-0.25, -0.2) is 18.5 Å². The van der Waals surface area contributed by atoms with Gasteiger partial charge in [-0.1, -0.05) is 47.4 Å². The molecule has 11 nitrogen and oxygen atoms in total. The first-order valence-electron chi connectivity index (χ1n) is 14.2. The van der Waals surface area contributed by atoms with Crippen LogP contribution in [0.5, 0.6) is 0 Å². The quantitative estimate of drug-likeness (QED) is 0.272. The fourth-order valence-electron chi connectivity index (χ4n) is 5.81. The number of nitrogens with two attached hydrogens (primary N) is 1. The van der Waals surface area contributed by atoms with Crippen LogP contribution in [0.15, 0.2) is 87.5 Å². The van der Waals surface area contributed by atoms with E-state index in [0.29, 0.717) is 15.3 Å². The number of para-hydroxylation sites is 1. The van der Waals surface area contributed by atoms with Crippen LogP contribution < -0.4 is 25.1 Å². The number of primary sulfonamides is 1. The van der Waals surface area contributed by atoms with Crippen molar-refractivity contribution in [1.82, 2.24) is 4.57 Å². The van der Waals surface area contributed by atoms with Crippen molar-refractivity contribution in [1.29, 1.82) is 0 Å². The van der Waals surface area contributed by atoms with Gasteiger partial charge in [-0.3, -0.25) is 23.7 Å². The summed E-state index contributed by atoms with van der Waals surface area (Å²) in [5.41, 5.74) is -0.0912. The molecular formula is C31H26F3N5O6S3. The third-order valence-corrected chi connectivity index (χ3v) is 11.6. The molecule has 0 spiro atoms. The van der Waals surface area contributed by atoms with Crippen molar-refractivity contribution in [3.05, 3.63) is 98.5 Å². The van der Waals surface area contributed by atoms with Crippen molar-refractivity contribution < 1.29 is 36.0 Å². The zero-order valence-electron chi connectivity index (χ0n) is 25.1. The molecule has 4 aromatic rings. The lowest BCUT2D eigenvalue weighted by atomic mass is 9.83. The number of carbonyl (C=O) groups is 3. The summed E-state index contributed by atoms with van der Waals surface area (Å²) in [4.78, 5) is 56.7. The molecule has 3 atom stereocenters. The first kappa shape index (κ1) is 33.5. The number of aromatic nitrogens is 1. The fraction of sp³-hybridized carbons (Fsp3) is 0.226. The molecule has 1 aromatic heterocycles. The number of hydrogen-bond acceptors (Lipinski definition) is 9. The van der Waals surface area contributed by atoms with E-state index in [1.165, 1.54) is 41.0 Å². The molecule has 0 saturated carbocycles. The van der Waals surface area contributed by atoms with Crippen LogP contribution in [0.3, 0.4) is 0 Å². The number of thiazole rings is 1. The molecule has 48 heavy (non-hydrogen) atoms. The minimum atomic E-state index is -4.84. The van der Waals surface area contributed by atoms with Gasteiger partial charge >= 0.3 is 11.0 Å². The third kappa shape index (κ3) is 6.02. The van der Waals surface area contributed by atoms with Crippen molar-refractivity contribution in [3.8, 4) is 0 Å². The number of imide groups is 1. The van der Waals surface area contributed by atoms with Gasteiger partial charge in [0.25, 0.3) is 0 Å². The average Bonchev–Trinajstić information content (AvgIpc) is 3.46. The summed E-state index contributed by atoms with van der Waals surface area (Å²) in [6.07, 6.45) is -4.84. The molecule has 1 saturated heterocycles. The van der Waals surface area contributed by atoms with Crippen LogP contribution in [-0.4, -0.2) is 50.1 Å². The second kappa shape index (κ2) is 12.2. The monoisotopic (exact) mass is 717 g/mol. The maximum Gasteiger partial charge on any atom is 0.418 e. The summed E-state index contributed by atoms with van der Waals surface area (Å²) in [6.45, 7) is -0.499. The summed E-state index contributed by atoms with van der Waals surface area (Å²) >= 11 is 1.66. The topological polar surface area (TPSA) is 152 Å². The van der Waals surface area contributed by atoms with Gasteiger partial charge in [-0.15, -0.1) is 0 Å². The minimum absolute atomic E-state index is 0.165. The summed E-state index contributed by atoms with van der Waals surface area (Å²) in [5.74, 6) is -4.36. The number of halogens is 3. The Morgan fingerprint density at radius 2 is 1.60 bits per heavy atom. The van der Waals surface area contributed by atoms with E-state index in [-0.39, 0.29) is 15.6 Å². The van der Waals surface area contributed by atoms with E-state index in [0.717, 1.165) is 40.9 Å². The van der Waals surface area contributed by atoms with Crippen molar-refractivity contribution in [2.45, 2.75) is 33.8 Å². The number of rotatable bonds is 7. The normalized spacial score (nSPS) is 19.2. The molecule has 2 unspecified atom stereocenters. The van der Waals surface area contributed by atoms with Crippen LogP contribution in [0, 0.1) is 5.92 Å². The minimum Gasteiger partial charge on any atom is -0.378 e. The standard InChI is InChI=1S/C31H26F3N5O6S3/c1-37(2)18-11-7-16(8-12-18)23-24-25(28(42)39(27(24)41)21-6-4-3-5-20(21)31(32,33)34)46-29-26(23)47-30(43)38(29)15-22(40)36-17-9-13-19(14-10-17)48(35,44)45/h3-14,23-25H,15H2,1-2H3,(H,36,40)(H2,35,44,45)/t23-,24?,25?/m1/s1. The average molecular weight is 718 g/mol. The number of anilines is 3. The maximum absolute atomic E-state index is 14.1. The highest BCUT2D eigenvalue weighted by atomic mass is 32.2. The first-order chi connectivity index (χ1) is 22.6. The zero-order chi connectivity index (χ0) is 34.7. The Kier molecular flexibility index (Phi) is 8.51. The molecule has 6 rings (SSSR count). The van der Waals surface area contributed by atoms with E-state index in [4.69, 9.17) is 5.14 Å². The number of benzene rings is 3. The molecule has 2 aliphatic rings. The van der Waals surface area contributed by atoms with Gasteiger partial charge in [0.2, 0.25) is 27.7 Å². The van der Waals surface area contributed by atoms with E-state index in [1.54, 1.807) is 24.3 Å². The highest BCUT2D eigenvalue weighted by molar-refractivity contribution is 8.00. The van der Waals surface area contributed by atoms with E-state index >= 15 is 0 Å². The van der Waals surface area contributed by atoms with Gasteiger partial charge in [0.15, 0.2) is 0 Å². The summed E-state index contributed by atoms with van der Waals surface area (Å²) in [7, 11) is -0.291. The van der Waals surface area contributed by atoms with Crippen LogP contribution in [0.2, 0.25) is 0 Å². The number of amides is 3. The smallest absolute Gasteiger partial charge is 0.378 e. The highest BCUT2D eigenvalue weighted by Gasteiger charge is 2.57. The first-order valence-corrected chi connectivity index (χ1v) is 17.4. The van der Waals surface area contributed by atoms with Gasteiger partial charge in [-0.2, -0.15) is 13.2 Å². The van der Waals surface area contributed by atoms with E-state index in [1.807, 2.05) is 19.0 Å². The number of thioether (sulfide) groups is 1. The van der Waals surface area contributed by atoms with Crippen molar-refractivity contribution in [2.75, 3.05) is 29.2 Å². The summed E-state index contributed by atoms with van der Waals surface area (Å²) in [5, 5.41) is 6.76. The number of nitrogens with one attached hydrogen (secondary N) is 1. The number of carbonyl (C=O) groups excluding carboxylic acids is 3. The van der Waals surface area contributed by atoms with Gasteiger partial charge in [0.1, 0.15) is 11.8 Å². The van der Waals surface area contributed by atoms with E-state index < -0.39 is 73.7 Å². The molecule has 0 radical (unpaired) electrons. The van der Waals surface area contributed by atoms with Crippen LogP contribution in [-0.2, 0) is 37.1 Å². The zero-order valence-corrected chi connectivity index (χ0v) is 27.5. The Balaban J connectivity index is 1.40. The Morgan fingerprint density at radius 1 is 0.958 bits per heavy atom. The predicted molar refractivity (Wildman–Crippen MR) is 175 cm³/mol. The van der Waals surface area contributed by atoms with Crippen LogP contribution in [0.4, 0.5) is 30.2 Å². The fourth-order valence-corrected chi connectivity index (χ4v) is 9.10. The van der Waals surface area contributed by atoms with Gasteiger partial charge in [0.05, 0.1) is 27.1 Å². The Labute approximate surface area is 280 Å². The third-order valence-electron chi connectivity index (χ3n) is 8.04. The predicted octanol–water partition coefficient (Wildman–Crippen LogP) is 4.08. The second-order valence-corrected chi connectivity index (χ2v) is 15.0. The number of fused-ring (bicyclic) bond motifs is 2. The number of sulfonamides is 1. The molecule has 3 N–H and O–H groups in total. The lowest BCUT2D eigenvalue weighted by Gasteiger charge is -2.31. The van der Waals surface area contributed by atoms with Crippen molar-refractivity contribution in [3.63, 3.8) is 0 Å². The maximum atomic E-state index is 14.1. The van der Waals surface area contributed by atoms with Gasteiger partial charge in [-0.05, 0) is 54.1 Å². The van der Waals surface area contributed by atoms with Gasteiger partial charge < -0.3 is 10.2 Å². The molecule has 3 heterocycles. The Hall–Kier alpha value is -4.45. The SMILES string of the molecule is CN(C)c1ccc([C@H]2c3sc(=O)n(CC(=O)Nc4ccc(S(N)(=O)=O)cc4)c3SC3C(=O)N(c4ccccc4C(F)(F)F)C(=O)C32)cc1. The molecule has 1 fully saturated rings. The number of alkyl halides is 3. The van der Waals surface area contributed by atoms with E-state index in [2.05, 4.69) is 5.32 Å². The molecular weight excluding hydrogens is 692 g/mol. The van der Waals surface area contributed by atoms with Crippen LogP contribution in [0.1, 0.15) is 21.9 Å². The second-order valence-electron chi connectivity index (χ2n) is 11.3. The lowest BCUT2D eigenvalue weighted by Crippen LogP contribution is -2.33. The Bertz CT molecular complexity index is 2110. The van der Waals surface area contributed by atoms with Crippen molar-refractivity contribution >= 4 is 67.9 Å². The molecule has 0 bridgehead atoms. The largest absolute Gasteiger partial charge is 0.418 e. The number of nitrogens with zero attached hydrogens (tertiary/aromatic N) is 3. The molecule has 250 valence electrons. The Morgan fingerprint density at radius 3 is 2.21 bits per heavy atom. The van der Waals surface area contributed by atoms with Crippen LogP contribution >= 0.6 is 23.1 Å². The lowest BCUT2D eigenvalue weighted by molar-refractivity contribution is -0.137. The molecule has 0 aliphatic carbocycles. The summed E-state index contributed by atoms with van der Waals surface area (Å²) < 4.78 is 66.3. The molecule has 17 heteroatoms. The van der Waals surface area contributed by atoms with Crippen LogP contribution in [0.25, 0.3) is 0 Å². The molecule has 2 aliphatic heterocycles. The summed E-state index contributed by atoms with van der Waals surface area (Å²) in [6, 6.07) is 16.5. The molecule has 3 aromatic carbocycles. The molecule has 3 amide bonds. The highest BCUT2D eigenvalue weighted by Crippen LogP contribution is 2.54. The van der Waals surface area contributed by atoms with Crippen molar-refractivity contribution in [2.24, 2.45) is 11.1 Å². The van der Waals surface area contributed by atoms with E-state index in [9.17, 15) is 40.8 Å². The number of hydrogen-bond donors (Lipinski definition) is 2.